The van der Waals surface area contributed by atoms with Crippen molar-refractivity contribution in [1.29, 1.82) is 0 Å². The minimum absolute atomic E-state index is 0. The van der Waals surface area contributed by atoms with Gasteiger partial charge in [0.25, 0.3) is 0 Å². The normalized spacial score (nSPS) is 7.87. The molecule has 0 saturated carbocycles. The van der Waals surface area contributed by atoms with Gasteiger partial charge in [-0.05, 0) is 0 Å². The van der Waals surface area contributed by atoms with E-state index in [-0.39, 0.29) is 124 Å². The van der Waals surface area contributed by atoms with Crippen molar-refractivity contribution >= 4 is 144 Å². The van der Waals surface area contributed by atoms with Gasteiger partial charge in [-0.15, -0.1) is 24.8 Å². The van der Waals surface area contributed by atoms with Gasteiger partial charge >= 0.3 is 98.0 Å². The molecule has 5 N–H and O–H groups in total. The summed E-state index contributed by atoms with van der Waals surface area (Å²) in [6, 6.07) is 0. The number of rotatable bonds is 0. The standard InChI is InChI=1S/Ca.ClH2O3P.2ClH.H3O4P.H3P.Sr.4H/c;1-5(2,3)4;;;1-5(2,3)4;;;;;;/h;(H2,2,3,4);2*1H;(H3,1,2,3,4);1H3;;;;;/q+2;;;;;;+2;4*-1. The first-order valence-corrected chi connectivity index (χ1v) is 5.62. The van der Waals surface area contributed by atoms with Crippen molar-refractivity contribution in [3.8, 4) is 0 Å². The molecule has 15 heteroatoms. The Morgan fingerprint density at radius 3 is 0.933 bits per heavy atom. The molecule has 0 spiro atoms. The van der Waals surface area contributed by atoms with Crippen molar-refractivity contribution in [3.63, 3.8) is 0 Å². The Balaban J connectivity index is -0.00000000508. The zero-order valence-corrected chi connectivity index (χ0v) is 18.5. The molecule has 0 bridgehead atoms. The molecule has 0 aromatic rings. The third-order valence-electron chi connectivity index (χ3n) is 0. The second-order valence-electron chi connectivity index (χ2n) is 0.986. The number of hydrogen-bond acceptors (Lipinski definition) is 2. The zero-order valence-electron chi connectivity index (χ0n) is 11.3. The largest absolute Gasteiger partial charge is 2.00 e. The number of phosphoric acid groups is 1. The summed E-state index contributed by atoms with van der Waals surface area (Å²) in [5, 5.41) is 0. The van der Waals surface area contributed by atoms with Gasteiger partial charge in [0, 0.05) is 11.2 Å². The molecule has 0 aliphatic rings. The summed E-state index contributed by atoms with van der Waals surface area (Å²) in [7, 11) is -4.64. The molecule has 0 aliphatic carbocycles. The molecule has 96 valence electrons. The van der Waals surface area contributed by atoms with Crippen molar-refractivity contribution in [2.75, 3.05) is 0 Å². The van der Waals surface area contributed by atoms with Crippen LogP contribution in [0.3, 0.4) is 0 Å². The van der Waals surface area contributed by atoms with E-state index in [0.29, 0.717) is 0 Å². The van der Waals surface area contributed by atoms with Crippen LogP contribution in [0.5, 0.6) is 0 Å². The second-order valence-corrected chi connectivity index (χ2v) is 4.28. The van der Waals surface area contributed by atoms with E-state index < -0.39 is 14.8 Å². The molecule has 0 aromatic heterocycles. The van der Waals surface area contributed by atoms with E-state index in [1.165, 1.54) is 0 Å². The van der Waals surface area contributed by atoms with Crippen LogP contribution in [0.4, 0.5) is 0 Å². The maximum atomic E-state index is 9.09. The van der Waals surface area contributed by atoms with Crippen molar-refractivity contribution in [1.82, 2.24) is 0 Å². The summed E-state index contributed by atoms with van der Waals surface area (Å²) in [6.07, 6.45) is 0. The molecule has 1 unspecified atom stereocenters. The summed E-state index contributed by atoms with van der Waals surface area (Å²) in [4.78, 5) is 36.4. The Kier molecular flexibility index (Phi) is 58.7. The molecule has 7 nitrogen and oxygen atoms in total. The molecule has 1 atom stereocenters. The summed E-state index contributed by atoms with van der Waals surface area (Å²) in [5.41, 5.74) is 0. The SMILES string of the molecule is Cl.Cl.O=P(O)(O)Cl.O=P(O)(O)O.P.[Ca+2].[H-].[H-].[H-].[H-].[Sr+2]. The molecule has 0 heterocycles. The van der Waals surface area contributed by atoms with Crippen LogP contribution in [-0.2, 0) is 9.13 Å². The maximum Gasteiger partial charge on any atom is 2.00 e. The van der Waals surface area contributed by atoms with Crippen molar-refractivity contribution in [2.24, 2.45) is 0 Å². The van der Waals surface area contributed by atoms with Gasteiger partial charge in [-0.1, -0.05) is 0 Å². The smallest absolute Gasteiger partial charge is 1.00 e. The molecule has 15 heavy (non-hydrogen) atoms. The van der Waals surface area contributed by atoms with E-state index in [9.17, 15) is 0 Å². The molecule has 0 amide bonds. The predicted molar refractivity (Wildman–Crippen MR) is 73.7 cm³/mol. The predicted octanol–water partition coefficient (Wildman–Crippen LogP) is -0.0206. The first-order valence-electron chi connectivity index (χ1n) is 1.53. The third kappa shape index (κ3) is 263. The van der Waals surface area contributed by atoms with Crippen LogP contribution in [0.15, 0.2) is 0 Å². The first kappa shape index (κ1) is 42.7. The molecule has 0 aliphatic heterocycles. The molecule has 0 saturated heterocycles. The van der Waals surface area contributed by atoms with E-state index in [1.807, 2.05) is 0 Å². The van der Waals surface area contributed by atoms with Crippen molar-refractivity contribution < 1.29 is 39.3 Å². The third-order valence-corrected chi connectivity index (χ3v) is 0. The zero-order chi connectivity index (χ0) is 9.00. The van der Waals surface area contributed by atoms with E-state index in [1.54, 1.807) is 0 Å². The topological polar surface area (TPSA) is 135 Å². The van der Waals surface area contributed by atoms with Crippen molar-refractivity contribution in [3.05, 3.63) is 0 Å². The Labute approximate surface area is 180 Å². The molecular weight excluding hydrogens is 439 g/mol. The Hall–Kier alpha value is 4.30. The molecule has 0 aromatic carbocycles. The van der Waals surface area contributed by atoms with E-state index in [0.717, 1.165) is 0 Å². The summed E-state index contributed by atoms with van der Waals surface area (Å²) >= 11 is 4.20. The fourth-order valence-corrected chi connectivity index (χ4v) is 0. The maximum absolute atomic E-state index is 9.09. The van der Waals surface area contributed by atoms with Gasteiger partial charge in [-0.25, -0.2) is 9.13 Å². The van der Waals surface area contributed by atoms with Crippen LogP contribution in [-0.4, -0.2) is 108 Å². The van der Waals surface area contributed by atoms with Gasteiger partial charge in [-0.3, -0.25) is 0 Å². The quantitative estimate of drug-likeness (QED) is 0.257. The van der Waals surface area contributed by atoms with Gasteiger partial charge in [-0.2, -0.15) is 9.90 Å². The fourth-order valence-electron chi connectivity index (χ4n) is 0. The summed E-state index contributed by atoms with van der Waals surface area (Å²) in [5.74, 6) is 0. The monoisotopic (exact) mass is 452 g/mol. The Morgan fingerprint density at radius 2 is 0.933 bits per heavy atom. The van der Waals surface area contributed by atoms with Crippen LogP contribution >= 0.6 is 60.7 Å². The Morgan fingerprint density at radius 1 is 0.933 bits per heavy atom. The minimum Gasteiger partial charge on any atom is -1.00 e. The van der Waals surface area contributed by atoms with Crippen LogP contribution in [0.25, 0.3) is 0 Å². The number of hydrogen-bond donors (Lipinski definition) is 5. The fraction of sp³-hybridized carbons (Fsp3) is 0. The van der Waals surface area contributed by atoms with E-state index >= 15 is 0 Å². The molecule has 0 rings (SSSR count). The summed E-state index contributed by atoms with van der Waals surface area (Å²) < 4.78 is 18.0. The van der Waals surface area contributed by atoms with Crippen LogP contribution in [0.2, 0.25) is 0 Å². The average Bonchev–Trinajstić information content (AvgIpc) is 1.12. The summed E-state index contributed by atoms with van der Waals surface area (Å²) in [6.45, 7) is -4.17. The van der Waals surface area contributed by atoms with Gasteiger partial charge in [0.2, 0.25) is 0 Å². The van der Waals surface area contributed by atoms with Gasteiger partial charge in [0.15, 0.2) is 0 Å². The first-order chi connectivity index (χ1) is 4.00. The average molecular weight is 453 g/mol. The van der Waals surface area contributed by atoms with Crippen LogP contribution < -0.4 is 0 Å². The van der Waals surface area contributed by atoms with E-state index in [4.69, 9.17) is 33.6 Å². The van der Waals surface area contributed by atoms with Gasteiger partial charge in [0.05, 0.1) is 0 Å². The molecular formula is H14CaCl3O7P3Sr. The number of halogens is 3. The van der Waals surface area contributed by atoms with E-state index in [2.05, 4.69) is 11.2 Å². The van der Waals surface area contributed by atoms with Gasteiger partial charge < -0.3 is 30.2 Å². The second kappa shape index (κ2) is 20.6. The minimum atomic E-state index is -4.64. The van der Waals surface area contributed by atoms with Crippen molar-refractivity contribution in [2.45, 2.75) is 0 Å². The van der Waals surface area contributed by atoms with Crippen LogP contribution in [0, 0.1) is 0 Å². The van der Waals surface area contributed by atoms with Crippen LogP contribution in [0.1, 0.15) is 5.71 Å². The Bertz CT molecular complexity index is 156. The molecule has 0 fully saturated rings. The van der Waals surface area contributed by atoms with Gasteiger partial charge in [0.1, 0.15) is 0 Å². The molecule has 0 radical (unpaired) electrons.